The van der Waals surface area contributed by atoms with Gasteiger partial charge in [0.2, 0.25) is 0 Å². The van der Waals surface area contributed by atoms with Crippen LogP contribution in [0.3, 0.4) is 0 Å². The maximum atomic E-state index is 12.5. The highest BCUT2D eigenvalue weighted by Gasteiger charge is 2.30. The number of nitrogens with zero attached hydrogens (tertiary/aromatic N) is 3. The van der Waals surface area contributed by atoms with E-state index in [4.69, 9.17) is 23.2 Å². The predicted molar refractivity (Wildman–Crippen MR) is 95.3 cm³/mol. The first kappa shape index (κ1) is 15.2. The third kappa shape index (κ3) is 2.46. The summed E-state index contributed by atoms with van der Waals surface area (Å²) in [6.07, 6.45) is -0.520. The lowest BCUT2D eigenvalue weighted by atomic mass is 10.1. The van der Waals surface area contributed by atoms with Gasteiger partial charge < -0.3 is 5.32 Å². The summed E-state index contributed by atoms with van der Waals surface area (Å²) in [5, 5.41) is 7.74. The van der Waals surface area contributed by atoms with Gasteiger partial charge in [0.15, 0.2) is 17.7 Å². The zero-order chi connectivity index (χ0) is 16.7. The molecule has 0 radical (unpaired) electrons. The molecule has 1 unspecified atom stereocenters. The van der Waals surface area contributed by atoms with Crippen molar-refractivity contribution in [3.8, 4) is 22.6 Å². The fraction of sp³-hybridized carbons (Fsp3) is 0.118. The summed E-state index contributed by atoms with van der Waals surface area (Å²) in [5.41, 5.74) is 2.17. The smallest absolute Gasteiger partial charge is 0.300 e. The second-order valence-electron chi connectivity index (χ2n) is 5.37. The van der Waals surface area contributed by atoms with Crippen LogP contribution in [0.4, 0.5) is 5.69 Å². The van der Waals surface area contributed by atoms with Crippen molar-refractivity contribution < 1.29 is 0 Å². The minimum Gasteiger partial charge on any atom is -0.361 e. The molecule has 0 saturated heterocycles. The summed E-state index contributed by atoms with van der Waals surface area (Å²) in [6, 6.07) is 16.7. The van der Waals surface area contributed by atoms with E-state index in [2.05, 4.69) is 15.4 Å². The van der Waals surface area contributed by atoms with Crippen molar-refractivity contribution in [2.24, 2.45) is 0 Å². The van der Waals surface area contributed by atoms with Crippen molar-refractivity contribution in [3.63, 3.8) is 0 Å². The van der Waals surface area contributed by atoms with Crippen LogP contribution in [0.15, 0.2) is 59.4 Å². The van der Waals surface area contributed by atoms with Crippen molar-refractivity contribution >= 4 is 28.9 Å². The molecule has 1 atom stereocenters. The Morgan fingerprint density at radius 1 is 1.04 bits per heavy atom. The first-order chi connectivity index (χ1) is 11.6. The van der Waals surface area contributed by atoms with Crippen LogP contribution in [-0.2, 0) is 0 Å². The van der Waals surface area contributed by atoms with Crippen molar-refractivity contribution in [2.45, 2.75) is 11.0 Å². The zero-order valence-corrected chi connectivity index (χ0v) is 13.9. The van der Waals surface area contributed by atoms with E-state index in [0.29, 0.717) is 11.4 Å². The molecule has 24 heavy (non-hydrogen) atoms. The molecule has 7 heteroatoms. The molecule has 0 fully saturated rings. The van der Waals surface area contributed by atoms with Gasteiger partial charge in [-0.25, -0.2) is 4.68 Å². The largest absolute Gasteiger partial charge is 0.361 e. The van der Waals surface area contributed by atoms with Crippen LogP contribution >= 0.6 is 23.2 Å². The molecule has 0 spiro atoms. The molecule has 3 aromatic rings. The molecule has 120 valence electrons. The monoisotopic (exact) mass is 358 g/mol. The molecule has 5 nitrogen and oxygen atoms in total. The molecule has 0 bridgehead atoms. The van der Waals surface area contributed by atoms with Crippen molar-refractivity contribution in [1.29, 1.82) is 0 Å². The van der Waals surface area contributed by atoms with Crippen molar-refractivity contribution in [2.75, 3.05) is 5.32 Å². The Hall–Kier alpha value is -2.37. The van der Waals surface area contributed by atoms with Gasteiger partial charge in [-0.2, -0.15) is 10.1 Å². The summed E-state index contributed by atoms with van der Waals surface area (Å²) in [6.45, 7) is 0. The number of alkyl halides is 2. The van der Waals surface area contributed by atoms with E-state index in [1.54, 1.807) is 4.68 Å². The van der Waals surface area contributed by atoms with E-state index < -0.39 is 11.0 Å². The third-order valence-corrected chi connectivity index (χ3v) is 4.33. The van der Waals surface area contributed by atoms with E-state index in [0.717, 1.165) is 11.3 Å². The predicted octanol–water partition coefficient (Wildman–Crippen LogP) is 3.70. The van der Waals surface area contributed by atoms with E-state index in [-0.39, 0.29) is 11.3 Å². The minimum atomic E-state index is -0.766. The second kappa shape index (κ2) is 5.92. The molecule has 1 aliphatic rings. The summed E-state index contributed by atoms with van der Waals surface area (Å²) in [5.74, 6) is 0.449. The van der Waals surface area contributed by atoms with Crippen LogP contribution in [0.25, 0.3) is 22.6 Å². The fourth-order valence-electron chi connectivity index (χ4n) is 2.75. The quantitative estimate of drug-likeness (QED) is 0.709. The Kier molecular flexibility index (Phi) is 3.75. The van der Waals surface area contributed by atoms with Gasteiger partial charge in [0.05, 0.1) is 0 Å². The van der Waals surface area contributed by atoms with Crippen molar-refractivity contribution in [1.82, 2.24) is 14.8 Å². The summed E-state index contributed by atoms with van der Waals surface area (Å²) in [4.78, 5) is 16.0. The van der Waals surface area contributed by atoms with E-state index in [1.807, 2.05) is 54.6 Å². The number of aromatic nitrogens is 3. The molecule has 0 amide bonds. The van der Waals surface area contributed by atoms with Gasteiger partial charge in [-0.1, -0.05) is 42.5 Å². The highest BCUT2D eigenvalue weighted by molar-refractivity contribution is 6.44. The molecular weight excluding hydrogens is 347 g/mol. The fourth-order valence-corrected chi connectivity index (χ4v) is 3.09. The van der Waals surface area contributed by atoms with E-state index >= 15 is 0 Å². The Labute approximate surface area is 147 Å². The molecule has 1 aromatic heterocycles. The Morgan fingerprint density at radius 2 is 1.75 bits per heavy atom. The average Bonchev–Trinajstić information content (AvgIpc) is 2.61. The summed E-state index contributed by atoms with van der Waals surface area (Å²) in [7, 11) is 0. The average molecular weight is 359 g/mol. The maximum absolute atomic E-state index is 12.5. The number of fused-ring (bicyclic) bond motifs is 3. The molecule has 1 aliphatic heterocycles. The highest BCUT2D eigenvalue weighted by Crippen LogP contribution is 2.36. The molecule has 1 N–H and O–H groups in total. The summed E-state index contributed by atoms with van der Waals surface area (Å²) >= 11 is 12.3. The van der Waals surface area contributed by atoms with Crippen molar-refractivity contribution in [3.05, 3.63) is 65.0 Å². The second-order valence-corrected chi connectivity index (χ2v) is 6.53. The molecule has 2 heterocycles. The minimum absolute atomic E-state index is 0.263. The third-order valence-electron chi connectivity index (χ3n) is 3.86. The van der Waals surface area contributed by atoms with Gasteiger partial charge in [-0.15, -0.1) is 23.2 Å². The topological polar surface area (TPSA) is 59.8 Å². The number of hydrogen-bond donors (Lipinski definition) is 1. The Balaban J connectivity index is 1.98. The van der Waals surface area contributed by atoms with Gasteiger partial charge in [-0.3, -0.25) is 4.79 Å². The van der Waals surface area contributed by atoms with E-state index in [9.17, 15) is 4.79 Å². The van der Waals surface area contributed by atoms with Gasteiger partial charge in [0, 0.05) is 16.8 Å². The lowest BCUT2D eigenvalue weighted by Gasteiger charge is -2.30. The highest BCUT2D eigenvalue weighted by atomic mass is 35.5. The molecular formula is C17H12Cl2N4O. The van der Waals surface area contributed by atoms with Crippen LogP contribution in [0.5, 0.6) is 0 Å². The molecule has 0 saturated carbocycles. The lowest BCUT2D eigenvalue weighted by molar-refractivity contribution is 0.509. The Bertz CT molecular complexity index is 956. The van der Waals surface area contributed by atoms with Gasteiger partial charge in [0.1, 0.15) is 4.84 Å². The van der Waals surface area contributed by atoms with Crippen LogP contribution in [0.2, 0.25) is 0 Å². The molecule has 0 aliphatic carbocycles. The van der Waals surface area contributed by atoms with Crippen LogP contribution in [0.1, 0.15) is 6.17 Å². The number of halogens is 2. The normalized spacial score (nSPS) is 15.5. The SMILES string of the molecule is O=c1nc2n(nc1-c1ccccc1)C(C(Cl)Cl)Nc1ccccc1-2. The number of rotatable bonds is 2. The molecule has 4 rings (SSSR count). The first-order valence-corrected chi connectivity index (χ1v) is 8.23. The van der Waals surface area contributed by atoms with E-state index in [1.165, 1.54) is 0 Å². The zero-order valence-electron chi connectivity index (χ0n) is 12.4. The number of nitrogens with one attached hydrogen (secondary N) is 1. The first-order valence-electron chi connectivity index (χ1n) is 7.35. The number of benzene rings is 2. The lowest BCUT2D eigenvalue weighted by Crippen LogP contribution is -2.34. The van der Waals surface area contributed by atoms with Crippen LogP contribution in [0, 0.1) is 0 Å². The van der Waals surface area contributed by atoms with Crippen LogP contribution in [-0.4, -0.2) is 19.6 Å². The van der Waals surface area contributed by atoms with Gasteiger partial charge >= 0.3 is 0 Å². The Morgan fingerprint density at radius 3 is 2.50 bits per heavy atom. The number of hydrogen-bond acceptors (Lipinski definition) is 4. The number of anilines is 1. The van der Waals surface area contributed by atoms with Crippen LogP contribution < -0.4 is 10.9 Å². The number of para-hydroxylation sites is 1. The van der Waals surface area contributed by atoms with Gasteiger partial charge in [0.25, 0.3) is 5.56 Å². The van der Waals surface area contributed by atoms with Gasteiger partial charge in [-0.05, 0) is 12.1 Å². The standard InChI is InChI=1S/C17H12Cl2N4O/c18-14(19)16-20-12-9-5-4-8-11(12)15-21-17(24)13(22-23(15)16)10-6-2-1-3-7-10/h1-9,14,16,20H. The molecule has 2 aromatic carbocycles. The maximum Gasteiger partial charge on any atom is 0.300 e. The summed E-state index contributed by atoms with van der Waals surface area (Å²) < 4.78 is 1.58.